The topological polar surface area (TPSA) is 83.7 Å². The molecule has 2 aromatic rings. The summed E-state index contributed by atoms with van der Waals surface area (Å²) in [6.07, 6.45) is 3.21. The minimum absolute atomic E-state index is 0.0809. The highest BCUT2D eigenvalue weighted by Gasteiger charge is 2.28. The van der Waals surface area contributed by atoms with Crippen LogP contribution >= 0.6 is 0 Å². The second-order valence-corrected chi connectivity index (χ2v) is 6.86. The molecule has 1 aliphatic rings. The number of hydrogen-bond donors (Lipinski definition) is 2. The van der Waals surface area contributed by atoms with Crippen LogP contribution in [-0.4, -0.2) is 23.6 Å². The number of furan rings is 1. The molecule has 6 nitrogen and oxygen atoms in total. The molecule has 0 fully saturated rings. The Hall–Kier alpha value is -2.89. The van der Waals surface area contributed by atoms with Gasteiger partial charge in [-0.2, -0.15) is 5.10 Å². The number of hydrazone groups is 1. The number of rotatable bonds is 5. The highest BCUT2D eigenvalue weighted by molar-refractivity contribution is 6.07. The van der Waals surface area contributed by atoms with Gasteiger partial charge < -0.3 is 9.73 Å². The van der Waals surface area contributed by atoms with Crippen molar-refractivity contribution in [1.82, 2.24) is 10.7 Å². The molecule has 1 aromatic heterocycles. The third-order valence-electron chi connectivity index (χ3n) is 4.85. The summed E-state index contributed by atoms with van der Waals surface area (Å²) in [5.41, 5.74) is 5.56. The summed E-state index contributed by atoms with van der Waals surface area (Å²) in [6, 6.07) is 9.03. The van der Waals surface area contributed by atoms with Crippen LogP contribution in [0.4, 0.5) is 0 Å². The van der Waals surface area contributed by atoms with Crippen molar-refractivity contribution in [3.05, 3.63) is 58.5 Å². The number of aryl methyl sites for hydroxylation is 1. The molecule has 1 atom stereocenters. The number of carbonyl (C=O) groups is 2. The number of amides is 2. The normalized spacial score (nSPS) is 15.9. The van der Waals surface area contributed by atoms with E-state index in [0.717, 1.165) is 48.3 Å². The summed E-state index contributed by atoms with van der Waals surface area (Å²) >= 11 is 0. The molecular weight excluding hydrogens is 342 g/mol. The highest BCUT2D eigenvalue weighted by atomic mass is 16.4. The van der Waals surface area contributed by atoms with Gasteiger partial charge in [0.1, 0.15) is 5.76 Å². The van der Waals surface area contributed by atoms with Gasteiger partial charge in [0.25, 0.3) is 11.8 Å². The van der Waals surface area contributed by atoms with Crippen LogP contribution in [-0.2, 0) is 6.42 Å². The zero-order chi connectivity index (χ0) is 19.4. The number of nitrogens with zero attached hydrogens (tertiary/aromatic N) is 1. The molecule has 0 radical (unpaired) electrons. The van der Waals surface area contributed by atoms with Crippen molar-refractivity contribution in [1.29, 1.82) is 0 Å². The molecule has 1 aromatic carbocycles. The lowest BCUT2D eigenvalue weighted by atomic mass is 9.93. The smallest absolute Gasteiger partial charge is 0.287 e. The maximum atomic E-state index is 12.5. The molecule has 1 aliphatic carbocycles. The van der Waals surface area contributed by atoms with Crippen molar-refractivity contribution in [2.24, 2.45) is 5.10 Å². The van der Waals surface area contributed by atoms with Gasteiger partial charge in [0.2, 0.25) is 0 Å². The summed E-state index contributed by atoms with van der Waals surface area (Å²) in [5, 5.41) is 7.28. The van der Waals surface area contributed by atoms with Crippen LogP contribution in [0.25, 0.3) is 0 Å². The average Bonchev–Trinajstić information content (AvgIpc) is 3.04. The zero-order valence-corrected chi connectivity index (χ0v) is 16.0. The van der Waals surface area contributed by atoms with Crippen LogP contribution in [0.15, 0.2) is 39.9 Å². The maximum absolute atomic E-state index is 12.5. The second-order valence-electron chi connectivity index (χ2n) is 6.86. The minimum Gasteiger partial charge on any atom is -0.455 e. The quantitative estimate of drug-likeness (QED) is 0.792. The number of hydrogen-bond acceptors (Lipinski definition) is 4. The minimum atomic E-state index is -0.258. The van der Waals surface area contributed by atoms with E-state index < -0.39 is 0 Å². The SMILES string of the molecule is CCC(C)NC(=O)c1oc2c(c1C)/C(=N/NC(=O)c1ccccc1)CCC2. The molecule has 0 aliphatic heterocycles. The zero-order valence-electron chi connectivity index (χ0n) is 16.0. The van der Waals surface area contributed by atoms with Gasteiger partial charge in [0.15, 0.2) is 5.76 Å². The van der Waals surface area contributed by atoms with Crippen molar-refractivity contribution in [2.45, 2.75) is 52.5 Å². The predicted octanol–water partition coefficient (Wildman–Crippen LogP) is 3.59. The first-order valence-electron chi connectivity index (χ1n) is 9.36. The fraction of sp³-hybridized carbons (Fsp3) is 0.381. The fourth-order valence-corrected chi connectivity index (χ4v) is 3.16. The molecule has 2 amide bonds. The molecule has 6 heteroatoms. The Labute approximate surface area is 159 Å². The molecule has 0 saturated carbocycles. The number of fused-ring (bicyclic) bond motifs is 1. The van der Waals surface area contributed by atoms with E-state index in [4.69, 9.17) is 4.42 Å². The van der Waals surface area contributed by atoms with E-state index in [9.17, 15) is 9.59 Å². The fourth-order valence-electron chi connectivity index (χ4n) is 3.16. The van der Waals surface area contributed by atoms with Gasteiger partial charge in [0.05, 0.1) is 5.71 Å². The van der Waals surface area contributed by atoms with Gasteiger partial charge in [-0.25, -0.2) is 5.43 Å². The van der Waals surface area contributed by atoms with Gasteiger partial charge >= 0.3 is 0 Å². The van der Waals surface area contributed by atoms with Crippen molar-refractivity contribution in [3.8, 4) is 0 Å². The first-order chi connectivity index (χ1) is 13.0. The molecular formula is C21H25N3O3. The van der Waals surface area contributed by atoms with Gasteiger partial charge in [-0.1, -0.05) is 25.1 Å². The lowest BCUT2D eigenvalue weighted by Crippen LogP contribution is -2.32. The molecule has 0 bridgehead atoms. The molecule has 2 N–H and O–H groups in total. The molecule has 0 spiro atoms. The van der Waals surface area contributed by atoms with Crippen LogP contribution < -0.4 is 10.7 Å². The van der Waals surface area contributed by atoms with E-state index >= 15 is 0 Å². The molecule has 1 unspecified atom stereocenters. The van der Waals surface area contributed by atoms with E-state index in [-0.39, 0.29) is 17.9 Å². The van der Waals surface area contributed by atoms with Crippen LogP contribution in [0.2, 0.25) is 0 Å². The lowest BCUT2D eigenvalue weighted by Gasteiger charge is -2.13. The van der Waals surface area contributed by atoms with Gasteiger partial charge in [-0.05, 0) is 45.2 Å². The number of carbonyl (C=O) groups excluding carboxylic acids is 2. The van der Waals surface area contributed by atoms with Gasteiger partial charge in [0, 0.05) is 29.2 Å². The van der Waals surface area contributed by atoms with E-state index in [1.807, 2.05) is 39.0 Å². The van der Waals surface area contributed by atoms with Crippen molar-refractivity contribution < 1.29 is 14.0 Å². The molecule has 1 heterocycles. The lowest BCUT2D eigenvalue weighted by molar-refractivity contribution is 0.0907. The monoisotopic (exact) mass is 367 g/mol. The van der Waals surface area contributed by atoms with Crippen LogP contribution in [0, 0.1) is 6.92 Å². The summed E-state index contributed by atoms with van der Waals surface area (Å²) < 4.78 is 5.86. The largest absolute Gasteiger partial charge is 0.455 e. The second kappa shape index (κ2) is 8.20. The number of benzene rings is 1. The Kier molecular flexibility index (Phi) is 5.74. The van der Waals surface area contributed by atoms with Crippen LogP contribution in [0.3, 0.4) is 0 Å². The molecule has 27 heavy (non-hydrogen) atoms. The van der Waals surface area contributed by atoms with E-state index in [0.29, 0.717) is 11.3 Å². The first kappa shape index (κ1) is 18.9. The molecule has 142 valence electrons. The van der Waals surface area contributed by atoms with Crippen LogP contribution in [0.1, 0.15) is 70.9 Å². The summed E-state index contributed by atoms with van der Waals surface area (Å²) in [7, 11) is 0. The van der Waals surface area contributed by atoms with Crippen molar-refractivity contribution in [3.63, 3.8) is 0 Å². The molecule has 0 saturated heterocycles. The third kappa shape index (κ3) is 4.10. The summed E-state index contributed by atoms with van der Waals surface area (Å²) in [4.78, 5) is 24.7. The Bertz CT molecular complexity index is 868. The maximum Gasteiger partial charge on any atom is 0.287 e. The van der Waals surface area contributed by atoms with E-state index in [1.54, 1.807) is 12.1 Å². The van der Waals surface area contributed by atoms with Gasteiger partial charge in [-0.15, -0.1) is 0 Å². The Morgan fingerprint density at radius 1 is 1.19 bits per heavy atom. The van der Waals surface area contributed by atoms with E-state index in [2.05, 4.69) is 15.8 Å². The van der Waals surface area contributed by atoms with E-state index in [1.165, 1.54) is 0 Å². The highest BCUT2D eigenvalue weighted by Crippen LogP contribution is 2.30. The average molecular weight is 367 g/mol. The Balaban J connectivity index is 1.83. The van der Waals surface area contributed by atoms with Crippen molar-refractivity contribution >= 4 is 17.5 Å². The van der Waals surface area contributed by atoms with Crippen LogP contribution in [0.5, 0.6) is 0 Å². The standard InChI is InChI=1S/C21H25N3O3/c1-4-13(2)22-21(26)19-14(3)18-16(11-8-12-17(18)27-19)23-24-20(25)15-9-6-5-7-10-15/h5-7,9-10,13H,4,8,11-12H2,1-3H3,(H,22,26)(H,24,25)/b23-16+. The number of nitrogens with one attached hydrogen (secondary N) is 2. The summed E-state index contributed by atoms with van der Waals surface area (Å²) in [5.74, 6) is 0.639. The summed E-state index contributed by atoms with van der Waals surface area (Å²) in [6.45, 7) is 5.85. The predicted molar refractivity (Wildman–Crippen MR) is 104 cm³/mol. The van der Waals surface area contributed by atoms with Crippen molar-refractivity contribution in [2.75, 3.05) is 0 Å². The third-order valence-corrected chi connectivity index (χ3v) is 4.85. The Morgan fingerprint density at radius 3 is 2.63 bits per heavy atom. The first-order valence-corrected chi connectivity index (χ1v) is 9.36. The molecule has 3 rings (SSSR count). The Morgan fingerprint density at radius 2 is 1.93 bits per heavy atom. The van der Waals surface area contributed by atoms with Gasteiger partial charge in [-0.3, -0.25) is 9.59 Å².